The van der Waals surface area contributed by atoms with Crippen molar-refractivity contribution in [2.75, 3.05) is 53.6 Å². The van der Waals surface area contributed by atoms with Crippen molar-refractivity contribution in [3.05, 3.63) is 11.6 Å². The Labute approximate surface area is 180 Å². The number of hydrogen-bond donors (Lipinski definition) is 0. The van der Waals surface area contributed by atoms with Gasteiger partial charge in [0, 0.05) is 25.7 Å². The van der Waals surface area contributed by atoms with Crippen LogP contribution in [0.15, 0.2) is 11.6 Å². The van der Waals surface area contributed by atoms with Gasteiger partial charge in [-0.2, -0.15) is 0 Å². The maximum absolute atomic E-state index is 11.9. The molecule has 0 aliphatic rings. The number of hydrogen-bond acceptors (Lipinski definition) is 10. The molecule has 0 atom stereocenters. The molecule has 0 spiro atoms. The maximum Gasteiger partial charge on any atom is 0.334 e. The first-order valence-corrected chi connectivity index (χ1v) is 9.33. The van der Waals surface area contributed by atoms with Crippen LogP contribution >= 0.6 is 0 Å². The van der Waals surface area contributed by atoms with Gasteiger partial charge in [0.1, 0.15) is 13.1 Å². The molecule has 0 bridgehead atoms. The summed E-state index contributed by atoms with van der Waals surface area (Å²) in [5.41, 5.74) is -0.168. The van der Waals surface area contributed by atoms with Crippen LogP contribution in [0.4, 0.5) is 0 Å². The van der Waals surface area contributed by atoms with Crippen LogP contribution in [0.3, 0.4) is 0 Å². The van der Waals surface area contributed by atoms with Crippen molar-refractivity contribution in [1.29, 1.82) is 0 Å². The van der Waals surface area contributed by atoms with Gasteiger partial charge in [0.05, 0.1) is 13.2 Å². The molecule has 0 unspecified atom stereocenters. The molecule has 2 amide bonds. The van der Waals surface area contributed by atoms with E-state index in [1.807, 2.05) is 0 Å². The maximum atomic E-state index is 11.9. The van der Waals surface area contributed by atoms with E-state index in [0.29, 0.717) is 0 Å². The highest BCUT2D eigenvalue weighted by Gasteiger charge is 2.18. The largest absolute Gasteiger partial charge is 0.465 e. The lowest BCUT2D eigenvalue weighted by atomic mass is 10.3. The molecular weight excluding hydrogens is 416 g/mol. The molecule has 0 aromatic carbocycles. The average molecular weight is 444 g/mol. The first-order chi connectivity index (χ1) is 14.5. The van der Waals surface area contributed by atoms with Crippen molar-refractivity contribution in [2.24, 2.45) is 0 Å². The van der Waals surface area contributed by atoms with E-state index in [1.54, 1.807) is 13.8 Å². The minimum atomic E-state index is -0.988. The summed E-state index contributed by atoms with van der Waals surface area (Å²) >= 11 is 0. The summed E-state index contributed by atoms with van der Waals surface area (Å²) in [7, 11) is 2.67. The Hall–Kier alpha value is -3.44. The van der Waals surface area contributed by atoms with E-state index >= 15 is 0 Å². The van der Waals surface area contributed by atoms with Gasteiger partial charge in [-0.1, -0.05) is 0 Å². The Bertz CT molecular complexity index is 716. The van der Waals surface area contributed by atoms with Crippen molar-refractivity contribution < 1.29 is 47.7 Å². The molecule has 0 aliphatic heterocycles. The minimum absolute atomic E-state index is 0.168. The van der Waals surface area contributed by atoms with Crippen LogP contribution in [0.25, 0.3) is 0 Å². The normalized spacial score (nSPS) is 10.5. The van der Waals surface area contributed by atoms with Gasteiger partial charge in [0.15, 0.2) is 13.2 Å². The van der Waals surface area contributed by atoms with E-state index in [1.165, 1.54) is 21.0 Å². The van der Waals surface area contributed by atoms with Gasteiger partial charge in [-0.05, 0) is 20.8 Å². The lowest BCUT2D eigenvalue weighted by molar-refractivity contribution is -0.153. The van der Waals surface area contributed by atoms with Crippen molar-refractivity contribution >= 4 is 35.7 Å². The monoisotopic (exact) mass is 444 g/mol. The van der Waals surface area contributed by atoms with Crippen molar-refractivity contribution in [1.82, 2.24) is 9.80 Å². The molecule has 0 saturated carbocycles. The average Bonchev–Trinajstić information content (AvgIpc) is 2.69. The molecular formula is C19H28N2O10. The zero-order valence-electron chi connectivity index (χ0n) is 18.3. The smallest absolute Gasteiger partial charge is 0.334 e. The third-order valence-corrected chi connectivity index (χ3v) is 3.52. The van der Waals surface area contributed by atoms with E-state index in [9.17, 15) is 28.8 Å². The SMILES string of the molecule is CCOC(=O)CN(C)C(=O)COC(=O)/C=C(\C)C(=O)OCC(=O)N(C)CC(=O)OCC. The highest BCUT2D eigenvalue weighted by Crippen LogP contribution is 2.00. The van der Waals surface area contributed by atoms with Gasteiger partial charge in [-0.25, -0.2) is 9.59 Å². The van der Waals surface area contributed by atoms with Crippen LogP contribution in [0.1, 0.15) is 20.8 Å². The van der Waals surface area contributed by atoms with Gasteiger partial charge in [-0.15, -0.1) is 0 Å². The fraction of sp³-hybridized carbons (Fsp3) is 0.579. The molecule has 0 radical (unpaired) electrons. The Morgan fingerprint density at radius 1 is 0.710 bits per heavy atom. The lowest BCUT2D eigenvalue weighted by Gasteiger charge is -2.16. The van der Waals surface area contributed by atoms with Crippen LogP contribution in [-0.4, -0.2) is 99.1 Å². The van der Waals surface area contributed by atoms with Gasteiger partial charge in [-0.3, -0.25) is 19.2 Å². The molecule has 12 nitrogen and oxygen atoms in total. The first kappa shape index (κ1) is 27.6. The van der Waals surface area contributed by atoms with Crippen LogP contribution < -0.4 is 0 Å². The molecule has 0 aliphatic carbocycles. The fourth-order valence-corrected chi connectivity index (χ4v) is 1.85. The number of esters is 4. The molecule has 0 aromatic heterocycles. The third-order valence-electron chi connectivity index (χ3n) is 3.52. The predicted molar refractivity (Wildman–Crippen MR) is 104 cm³/mol. The molecule has 0 heterocycles. The summed E-state index contributed by atoms with van der Waals surface area (Å²) in [6, 6.07) is 0. The van der Waals surface area contributed by atoms with Crippen LogP contribution in [0.2, 0.25) is 0 Å². The Morgan fingerprint density at radius 3 is 1.55 bits per heavy atom. The Balaban J connectivity index is 4.46. The molecule has 0 N–H and O–H groups in total. The quantitative estimate of drug-likeness (QED) is 0.210. The van der Waals surface area contributed by atoms with Gasteiger partial charge >= 0.3 is 23.9 Å². The van der Waals surface area contributed by atoms with Crippen LogP contribution in [0.5, 0.6) is 0 Å². The fourth-order valence-electron chi connectivity index (χ4n) is 1.85. The second-order valence-corrected chi connectivity index (χ2v) is 6.12. The highest BCUT2D eigenvalue weighted by atomic mass is 16.5. The second-order valence-electron chi connectivity index (χ2n) is 6.12. The second kappa shape index (κ2) is 14.5. The van der Waals surface area contributed by atoms with Crippen LogP contribution in [-0.2, 0) is 47.7 Å². The molecule has 0 fully saturated rings. The number of carbonyl (C=O) groups is 6. The van der Waals surface area contributed by atoms with Gasteiger partial charge in [0.25, 0.3) is 11.8 Å². The molecule has 0 saturated heterocycles. The summed E-state index contributed by atoms with van der Waals surface area (Å²) in [4.78, 5) is 72.0. The molecule has 174 valence electrons. The van der Waals surface area contributed by atoms with Crippen molar-refractivity contribution in [3.63, 3.8) is 0 Å². The minimum Gasteiger partial charge on any atom is -0.465 e. The lowest BCUT2D eigenvalue weighted by Crippen LogP contribution is -2.36. The molecule has 31 heavy (non-hydrogen) atoms. The zero-order valence-corrected chi connectivity index (χ0v) is 18.3. The van der Waals surface area contributed by atoms with E-state index in [4.69, 9.17) is 18.9 Å². The summed E-state index contributed by atoms with van der Waals surface area (Å²) < 4.78 is 18.9. The number of carbonyl (C=O) groups excluding carboxylic acids is 6. The van der Waals surface area contributed by atoms with E-state index in [-0.39, 0.29) is 31.9 Å². The summed E-state index contributed by atoms with van der Waals surface area (Å²) in [5, 5.41) is 0. The van der Waals surface area contributed by atoms with Crippen molar-refractivity contribution in [2.45, 2.75) is 20.8 Å². The molecule has 12 heteroatoms. The third kappa shape index (κ3) is 12.0. The van der Waals surface area contributed by atoms with Crippen molar-refractivity contribution in [3.8, 4) is 0 Å². The number of ether oxygens (including phenoxy) is 4. The first-order valence-electron chi connectivity index (χ1n) is 9.33. The van der Waals surface area contributed by atoms with E-state index in [0.717, 1.165) is 15.9 Å². The van der Waals surface area contributed by atoms with E-state index in [2.05, 4.69) is 0 Å². The molecule has 0 aromatic rings. The number of likely N-dealkylation sites (N-methyl/N-ethyl adjacent to an activating group) is 2. The highest BCUT2D eigenvalue weighted by molar-refractivity contribution is 5.97. The molecule has 0 rings (SSSR count). The van der Waals surface area contributed by atoms with Gasteiger partial charge in [0.2, 0.25) is 0 Å². The van der Waals surface area contributed by atoms with Gasteiger partial charge < -0.3 is 28.7 Å². The Morgan fingerprint density at radius 2 is 1.13 bits per heavy atom. The number of nitrogens with zero attached hydrogens (tertiary/aromatic N) is 2. The standard InChI is InChI=1S/C19H28N2O10/c1-6-28-17(25)9-20(4)14(22)11-30-16(24)8-13(3)19(27)31-12-15(23)21(5)10-18(26)29-7-2/h8H,6-7,9-12H2,1-5H3/b13-8+. The topological polar surface area (TPSA) is 146 Å². The van der Waals surface area contributed by atoms with Crippen LogP contribution in [0, 0.1) is 0 Å². The number of rotatable bonds is 12. The van der Waals surface area contributed by atoms with E-state index < -0.39 is 48.9 Å². The number of amides is 2. The predicted octanol–water partition coefficient (Wildman–Crippen LogP) is -0.938. The Kier molecular flexibility index (Phi) is 12.9. The zero-order chi connectivity index (χ0) is 24.0. The summed E-state index contributed by atoms with van der Waals surface area (Å²) in [5.74, 6) is -4.45. The summed E-state index contributed by atoms with van der Waals surface area (Å²) in [6.45, 7) is 2.95. The summed E-state index contributed by atoms with van der Waals surface area (Å²) in [6.07, 6.45) is 0.799.